The van der Waals surface area contributed by atoms with Gasteiger partial charge in [-0.1, -0.05) is 0 Å². The summed E-state index contributed by atoms with van der Waals surface area (Å²) in [6.45, 7) is 0.0409. The van der Waals surface area contributed by atoms with Gasteiger partial charge in [0.25, 0.3) is 11.5 Å². The minimum atomic E-state index is -2.18. The number of carbonyl (C=O) groups excluding carboxylic acids is 2. The second kappa shape index (κ2) is 15.9. The van der Waals surface area contributed by atoms with E-state index in [0.717, 1.165) is 0 Å². The summed E-state index contributed by atoms with van der Waals surface area (Å²) >= 11 is 0. The number of nitrogens with one attached hydrogen (secondary N) is 4. The van der Waals surface area contributed by atoms with Gasteiger partial charge in [0.2, 0.25) is 5.95 Å². The van der Waals surface area contributed by atoms with E-state index in [0.29, 0.717) is 18.5 Å². The molecule has 1 aromatic heterocycles. The van der Waals surface area contributed by atoms with Crippen molar-refractivity contribution in [3.8, 4) is 0 Å². The van der Waals surface area contributed by atoms with Crippen LogP contribution in [0.4, 0.5) is 10.7 Å². The van der Waals surface area contributed by atoms with Crippen molar-refractivity contribution >= 4 is 17.9 Å². The molecule has 18 heteroatoms. The average molecular weight is 580 g/mol. The van der Waals surface area contributed by atoms with Crippen LogP contribution in [-0.4, -0.2) is 144 Å². The fraction of sp³-hybridized carbons (Fsp3) is 0.727. The maximum Gasteiger partial charge on any atom is 0.321 e. The van der Waals surface area contributed by atoms with Crippen LogP contribution in [0.15, 0.2) is 10.9 Å². The largest absolute Gasteiger partial charge is 0.394 e. The van der Waals surface area contributed by atoms with Gasteiger partial charge in [0.05, 0.1) is 13.2 Å². The number of aryl methyl sites for hydroxylation is 1. The molecule has 1 fully saturated rings. The van der Waals surface area contributed by atoms with Crippen LogP contribution in [-0.2, 0) is 14.3 Å². The van der Waals surface area contributed by atoms with E-state index in [9.17, 15) is 55.2 Å². The first kappa shape index (κ1) is 33.4. The quantitative estimate of drug-likeness (QED) is 0.0915. The van der Waals surface area contributed by atoms with Crippen molar-refractivity contribution in [1.82, 2.24) is 20.6 Å². The highest BCUT2D eigenvalue weighted by Gasteiger charge is 2.47. The number of amides is 3. The number of anilines is 1. The molecule has 0 spiro atoms. The Kier molecular flexibility index (Phi) is 13.3. The minimum Gasteiger partial charge on any atom is -0.394 e. The second-order valence-corrected chi connectivity index (χ2v) is 9.11. The van der Waals surface area contributed by atoms with E-state index in [1.54, 1.807) is 6.92 Å². The lowest BCUT2D eigenvalue weighted by Crippen LogP contribution is -2.62. The SMILES string of the molecule is Cc1cc(=O)nc(NC(=O)NCCCCNC(=O)C(O)C(O)C(O[C@@H]2O[C@H](CO)[C@H](O)[C@H](O)[C@H]2O)C(O)CO)[nH]1. The Labute approximate surface area is 227 Å². The number of H-pyrrole nitrogens is 1. The molecule has 1 aliphatic heterocycles. The van der Waals surface area contributed by atoms with Crippen molar-refractivity contribution < 1.29 is 59.9 Å². The second-order valence-electron chi connectivity index (χ2n) is 9.11. The Bertz CT molecular complexity index is 1010. The molecule has 1 aromatic rings. The zero-order valence-corrected chi connectivity index (χ0v) is 21.6. The van der Waals surface area contributed by atoms with Crippen molar-refractivity contribution in [2.75, 3.05) is 31.6 Å². The highest BCUT2D eigenvalue weighted by molar-refractivity contribution is 5.87. The maximum atomic E-state index is 12.3. The van der Waals surface area contributed by atoms with Gasteiger partial charge in [-0.25, -0.2) is 4.79 Å². The molecule has 1 saturated heterocycles. The molecule has 0 aliphatic carbocycles. The summed E-state index contributed by atoms with van der Waals surface area (Å²) in [6, 6.07) is 0.638. The highest BCUT2D eigenvalue weighted by Crippen LogP contribution is 2.25. The van der Waals surface area contributed by atoms with Gasteiger partial charge in [0, 0.05) is 24.8 Å². The lowest BCUT2D eigenvalue weighted by Gasteiger charge is -2.42. The van der Waals surface area contributed by atoms with Gasteiger partial charge in [0.15, 0.2) is 12.4 Å². The Morgan fingerprint density at radius 1 is 1.07 bits per heavy atom. The highest BCUT2D eigenvalue weighted by atomic mass is 16.7. The standard InChI is InChI=1S/C22H37N5O13/c1-9-6-12(31)26-21(25-9)27-22(38)24-5-3-2-4-23-19(37)16(35)15(34)18(10(30)7-28)40-20-17(36)14(33)13(32)11(8-29)39-20/h6,10-11,13-18,20,28-30,32-36H,2-5,7-8H2,1H3,(H,23,37)(H3,24,25,26,27,31,38)/t10?,11-,13+,14+,15?,16?,17-,18?,20+/m1/s1. The molecule has 2 heterocycles. The molecular weight excluding hydrogens is 542 g/mol. The fourth-order valence-electron chi connectivity index (χ4n) is 3.73. The van der Waals surface area contributed by atoms with E-state index in [1.807, 2.05) is 0 Å². The number of hydrogen-bond donors (Lipinski definition) is 12. The number of aromatic nitrogens is 2. The van der Waals surface area contributed by atoms with E-state index >= 15 is 0 Å². The van der Waals surface area contributed by atoms with Gasteiger partial charge < -0.3 is 65.9 Å². The van der Waals surface area contributed by atoms with Gasteiger partial charge in [-0.3, -0.25) is 14.9 Å². The Morgan fingerprint density at radius 3 is 2.33 bits per heavy atom. The number of ether oxygens (including phenoxy) is 2. The van der Waals surface area contributed by atoms with Crippen LogP contribution in [0.3, 0.4) is 0 Å². The summed E-state index contributed by atoms with van der Waals surface area (Å²) in [7, 11) is 0. The topological polar surface area (TPSA) is 296 Å². The summed E-state index contributed by atoms with van der Waals surface area (Å²) in [6.07, 6.45) is -16.0. The summed E-state index contributed by atoms with van der Waals surface area (Å²) in [5.74, 6) is -1.09. The zero-order valence-electron chi connectivity index (χ0n) is 21.6. The van der Waals surface area contributed by atoms with Crippen LogP contribution in [0.25, 0.3) is 0 Å². The van der Waals surface area contributed by atoms with Crippen LogP contribution >= 0.6 is 0 Å². The molecule has 9 atom stereocenters. The van der Waals surface area contributed by atoms with Crippen LogP contribution < -0.4 is 21.5 Å². The molecule has 1 aliphatic rings. The predicted molar refractivity (Wildman–Crippen MR) is 133 cm³/mol. The fourth-order valence-corrected chi connectivity index (χ4v) is 3.73. The average Bonchev–Trinajstić information content (AvgIpc) is 2.91. The van der Waals surface area contributed by atoms with E-state index in [1.165, 1.54) is 6.07 Å². The number of carbonyl (C=O) groups is 2. The molecule has 0 aromatic carbocycles. The summed E-state index contributed by atoms with van der Waals surface area (Å²) in [5.41, 5.74) is -0.0109. The normalized spacial score (nSPS) is 25.9. The molecule has 4 unspecified atom stereocenters. The molecule has 12 N–H and O–H groups in total. The van der Waals surface area contributed by atoms with Crippen LogP contribution in [0, 0.1) is 6.92 Å². The number of nitrogens with zero attached hydrogens (tertiary/aromatic N) is 1. The molecule has 18 nitrogen and oxygen atoms in total. The van der Waals surface area contributed by atoms with Gasteiger partial charge in [-0.2, -0.15) is 4.98 Å². The minimum absolute atomic E-state index is 0.0133. The molecular formula is C22H37N5O13. The Hall–Kier alpha value is -2.78. The van der Waals surface area contributed by atoms with Crippen molar-refractivity contribution in [3.63, 3.8) is 0 Å². The first-order valence-electron chi connectivity index (χ1n) is 12.4. The lowest BCUT2D eigenvalue weighted by molar-refractivity contribution is -0.326. The van der Waals surface area contributed by atoms with E-state index < -0.39 is 85.8 Å². The van der Waals surface area contributed by atoms with Gasteiger partial charge in [-0.05, 0) is 19.8 Å². The molecule has 40 heavy (non-hydrogen) atoms. The number of unbranched alkanes of at least 4 members (excludes halogenated alkanes) is 1. The number of urea groups is 1. The van der Waals surface area contributed by atoms with Crippen molar-refractivity contribution in [1.29, 1.82) is 0 Å². The molecule has 228 valence electrons. The predicted octanol–water partition coefficient (Wildman–Crippen LogP) is -5.64. The van der Waals surface area contributed by atoms with Crippen LogP contribution in [0.2, 0.25) is 0 Å². The van der Waals surface area contributed by atoms with Gasteiger partial charge in [0.1, 0.15) is 42.7 Å². The Balaban J connectivity index is 1.80. The summed E-state index contributed by atoms with van der Waals surface area (Å²) < 4.78 is 10.4. The van der Waals surface area contributed by atoms with E-state index in [2.05, 4.69) is 25.9 Å². The Morgan fingerprint density at radius 2 is 1.73 bits per heavy atom. The third kappa shape index (κ3) is 9.41. The third-order valence-electron chi connectivity index (χ3n) is 5.93. The number of aromatic amines is 1. The van der Waals surface area contributed by atoms with E-state index in [4.69, 9.17) is 9.47 Å². The van der Waals surface area contributed by atoms with Crippen LogP contribution in [0.5, 0.6) is 0 Å². The summed E-state index contributed by atoms with van der Waals surface area (Å²) in [4.78, 5) is 41.9. The van der Waals surface area contributed by atoms with Crippen molar-refractivity contribution in [2.45, 2.75) is 74.9 Å². The molecule has 0 bridgehead atoms. The van der Waals surface area contributed by atoms with Crippen LogP contribution in [0.1, 0.15) is 18.5 Å². The lowest BCUT2D eigenvalue weighted by atomic mass is 9.98. The third-order valence-corrected chi connectivity index (χ3v) is 5.93. The maximum absolute atomic E-state index is 12.3. The van der Waals surface area contributed by atoms with Gasteiger partial charge >= 0.3 is 6.03 Å². The first-order chi connectivity index (χ1) is 18.9. The smallest absolute Gasteiger partial charge is 0.321 e. The molecule has 0 radical (unpaired) electrons. The van der Waals surface area contributed by atoms with Crippen molar-refractivity contribution in [3.05, 3.63) is 22.1 Å². The number of aliphatic hydroxyl groups excluding tert-OH is 8. The number of rotatable bonds is 14. The monoisotopic (exact) mass is 579 g/mol. The number of hydrogen-bond acceptors (Lipinski definition) is 14. The summed E-state index contributed by atoms with van der Waals surface area (Å²) in [5, 5.41) is 86.5. The molecule has 3 amide bonds. The van der Waals surface area contributed by atoms with Crippen molar-refractivity contribution in [2.24, 2.45) is 0 Å². The zero-order chi connectivity index (χ0) is 30.0. The number of aliphatic hydroxyl groups is 8. The van der Waals surface area contributed by atoms with E-state index in [-0.39, 0.29) is 19.0 Å². The molecule has 0 saturated carbocycles. The van der Waals surface area contributed by atoms with Gasteiger partial charge in [-0.15, -0.1) is 0 Å². The first-order valence-corrected chi connectivity index (χ1v) is 12.4. The molecule has 2 rings (SSSR count).